The van der Waals surface area contributed by atoms with Crippen LogP contribution < -0.4 is 0 Å². The van der Waals surface area contributed by atoms with Crippen molar-refractivity contribution in [2.45, 2.75) is 56.5 Å². The number of aliphatic hydroxyl groups is 1. The molecule has 0 aliphatic heterocycles. The van der Waals surface area contributed by atoms with Crippen LogP contribution in [0.5, 0.6) is 0 Å². The highest BCUT2D eigenvalue weighted by atomic mass is 35.5. The average molecular weight is 403 g/mol. The van der Waals surface area contributed by atoms with E-state index in [1.54, 1.807) is 28.8 Å². The molecule has 0 saturated heterocycles. The van der Waals surface area contributed by atoms with Gasteiger partial charge in [0.1, 0.15) is 0 Å². The van der Waals surface area contributed by atoms with E-state index in [9.17, 15) is 18.7 Å². The molecule has 4 nitrogen and oxygen atoms in total. The summed E-state index contributed by atoms with van der Waals surface area (Å²) in [6.45, 7) is -0.0718. The molecular weight excluding hydrogens is 376 g/mol. The number of rotatable bonds is 7. The van der Waals surface area contributed by atoms with Crippen molar-refractivity contribution >= 4 is 22.9 Å². The van der Waals surface area contributed by atoms with Gasteiger partial charge in [-0.25, -0.2) is 8.78 Å². The molecule has 1 saturated carbocycles. The summed E-state index contributed by atoms with van der Waals surface area (Å²) >= 11 is 6.30. The van der Waals surface area contributed by atoms with Gasteiger partial charge in [0.05, 0.1) is 26.9 Å². The minimum atomic E-state index is -2.92. The first-order chi connectivity index (χ1) is 13.9. The first kappa shape index (κ1) is 16.5. The molecule has 1 atom stereocenters. The number of methoxy groups -OCH3 is 1. The molecule has 0 amide bonds. The summed E-state index contributed by atoms with van der Waals surface area (Å²) in [5, 5.41) is 10.9. The molecule has 0 unspecified atom stereocenters. The van der Waals surface area contributed by atoms with Crippen LogP contribution in [-0.2, 0) is 11.2 Å². The monoisotopic (exact) mass is 402 g/mol. The van der Waals surface area contributed by atoms with Gasteiger partial charge in [-0.3, -0.25) is 4.79 Å². The van der Waals surface area contributed by atoms with Crippen molar-refractivity contribution in [3.05, 3.63) is 40.7 Å². The standard InChI is InChI=1S/C20H24ClF2NO3/c1-27-11-6-14-12-15(18-16(21)4-2-10-24(14)18)17(25)5-9-19(26)7-3-8-20(22,23)13-19/h2,4,10,12,26H,3,5-9,11,13H2,1H3/t19-/m1/s1/i1D3. The van der Waals surface area contributed by atoms with E-state index >= 15 is 0 Å². The molecule has 0 spiro atoms. The van der Waals surface area contributed by atoms with Crippen molar-refractivity contribution in [2.75, 3.05) is 13.6 Å². The van der Waals surface area contributed by atoms with Gasteiger partial charge < -0.3 is 14.2 Å². The third-order valence-corrected chi connectivity index (χ3v) is 5.48. The second-order valence-corrected chi connectivity index (χ2v) is 7.66. The molecule has 1 aliphatic carbocycles. The van der Waals surface area contributed by atoms with E-state index in [0.717, 1.165) is 0 Å². The fraction of sp³-hybridized carbons (Fsp3) is 0.550. The van der Waals surface area contributed by atoms with E-state index in [-0.39, 0.29) is 50.9 Å². The Morgan fingerprint density at radius 1 is 1.48 bits per heavy atom. The Kier molecular flexibility index (Phi) is 4.79. The van der Waals surface area contributed by atoms with Gasteiger partial charge in [0, 0.05) is 50.2 Å². The zero-order valence-electron chi connectivity index (χ0n) is 17.8. The number of hydrogen-bond acceptors (Lipinski definition) is 3. The predicted octanol–water partition coefficient (Wildman–Crippen LogP) is 4.68. The number of pyridine rings is 1. The number of ether oxygens (including phenoxy) is 1. The molecule has 148 valence electrons. The van der Waals surface area contributed by atoms with Crippen molar-refractivity contribution in [2.24, 2.45) is 0 Å². The number of fused-ring (bicyclic) bond motifs is 1. The molecule has 1 aliphatic rings. The minimum Gasteiger partial charge on any atom is -0.390 e. The highest BCUT2D eigenvalue weighted by Gasteiger charge is 2.44. The molecule has 7 heteroatoms. The summed E-state index contributed by atoms with van der Waals surface area (Å²) in [6.07, 6.45) is 1.37. The van der Waals surface area contributed by atoms with Crippen LogP contribution in [0.25, 0.3) is 5.52 Å². The summed E-state index contributed by atoms with van der Waals surface area (Å²) in [5.74, 6) is -3.23. The quantitative estimate of drug-likeness (QED) is 0.684. The number of carbonyl (C=O) groups excluding carboxylic acids is 1. The predicted molar refractivity (Wildman–Crippen MR) is 99.9 cm³/mol. The lowest BCUT2D eigenvalue weighted by Gasteiger charge is -2.36. The largest absolute Gasteiger partial charge is 0.390 e. The van der Waals surface area contributed by atoms with E-state index in [4.69, 9.17) is 20.5 Å². The molecule has 1 fully saturated rings. The summed E-state index contributed by atoms with van der Waals surface area (Å²) in [6, 6.07) is 4.95. The van der Waals surface area contributed by atoms with Crippen LogP contribution in [0.2, 0.25) is 5.02 Å². The van der Waals surface area contributed by atoms with Crippen molar-refractivity contribution in [3.63, 3.8) is 0 Å². The molecule has 3 rings (SSSR count). The molecule has 0 bridgehead atoms. The SMILES string of the molecule is [2H]C([2H])([2H])OCCc1cc(C(=O)CC[C@]2(O)CCCC(F)(F)C2)c2c(Cl)cccn12. The normalized spacial score (nSPS) is 24.4. The van der Waals surface area contributed by atoms with E-state index in [0.29, 0.717) is 21.8 Å². The molecule has 0 radical (unpaired) electrons. The Morgan fingerprint density at radius 3 is 3.04 bits per heavy atom. The average Bonchev–Trinajstić information content (AvgIpc) is 2.98. The maximum Gasteiger partial charge on any atom is 0.250 e. The first-order valence-electron chi connectivity index (χ1n) is 10.5. The van der Waals surface area contributed by atoms with Gasteiger partial charge in [0.2, 0.25) is 0 Å². The zero-order valence-corrected chi connectivity index (χ0v) is 15.6. The van der Waals surface area contributed by atoms with Crippen molar-refractivity contribution in [1.82, 2.24) is 4.40 Å². The highest BCUT2D eigenvalue weighted by molar-refractivity contribution is 6.35. The van der Waals surface area contributed by atoms with E-state index in [1.165, 1.54) is 0 Å². The van der Waals surface area contributed by atoms with Crippen molar-refractivity contribution in [3.8, 4) is 0 Å². The Balaban J connectivity index is 1.78. The second kappa shape index (κ2) is 7.86. The van der Waals surface area contributed by atoms with Gasteiger partial charge in [-0.05, 0) is 37.5 Å². The van der Waals surface area contributed by atoms with Gasteiger partial charge in [-0.15, -0.1) is 0 Å². The van der Waals surface area contributed by atoms with E-state index in [2.05, 4.69) is 0 Å². The fourth-order valence-electron chi connectivity index (χ4n) is 3.87. The third-order valence-electron chi connectivity index (χ3n) is 5.17. The van der Waals surface area contributed by atoms with Crippen LogP contribution in [0.3, 0.4) is 0 Å². The topological polar surface area (TPSA) is 50.9 Å². The zero-order chi connectivity index (χ0) is 22.2. The molecule has 1 N–H and O–H groups in total. The molecule has 27 heavy (non-hydrogen) atoms. The Hall–Kier alpha value is -1.50. The van der Waals surface area contributed by atoms with E-state index in [1.807, 2.05) is 0 Å². The lowest BCUT2D eigenvalue weighted by molar-refractivity contribution is -0.126. The molecule has 2 heterocycles. The Bertz CT molecular complexity index is 932. The lowest BCUT2D eigenvalue weighted by atomic mass is 9.79. The van der Waals surface area contributed by atoms with Crippen molar-refractivity contribution in [1.29, 1.82) is 0 Å². The Morgan fingerprint density at radius 2 is 2.30 bits per heavy atom. The number of aromatic nitrogens is 1. The van der Waals surface area contributed by atoms with E-state index < -0.39 is 25.0 Å². The maximum absolute atomic E-state index is 13.7. The molecular formula is C20H24ClF2NO3. The van der Waals surface area contributed by atoms with Gasteiger partial charge in [0.25, 0.3) is 5.92 Å². The molecule has 0 aromatic carbocycles. The summed E-state index contributed by atoms with van der Waals surface area (Å²) in [7, 11) is -2.51. The van der Waals surface area contributed by atoms with Crippen LogP contribution in [0.4, 0.5) is 8.78 Å². The van der Waals surface area contributed by atoms with Gasteiger partial charge in [-0.2, -0.15) is 0 Å². The number of Topliss-reactive ketones (excluding diaryl/α,β-unsaturated/α-hetero) is 1. The number of ketones is 1. The lowest BCUT2D eigenvalue weighted by Crippen LogP contribution is -2.41. The number of carbonyl (C=O) groups is 1. The molecule has 2 aromatic rings. The van der Waals surface area contributed by atoms with Crippen LogP contribution in [0, 0.1) is 0 Å². The molecule has 2 aromatic heterocycles. The fourth-order valence-corrected chi connectivity index (χ4v) is 4.14. The third kappa shape index (κ3) is 4.50. The van der Waals surface area contributed by atoms with Crippen LogP contribution in [-0.4, -0.2) is 40.5 Å². The summed E-state index contributed by atoms with van der Waals surface area (Å²) < 4.78 is 55.3. The van der Waals surface area contributed by atoms with Crippen molar-refractivity contribution < 1.29 is 27.5 Å². The maximum atomic E-state index is 13.7. The van der Waals surface area contributed by atoms with Gasteiger partial charge in [-0.1, -0.05) is 11.6 Å². The second-order valence-electron chi connectivity index (χ2n) is 7.26. The number of halogens is 3. The van der Waals surface area contributed by atoms with Gasteiger partial charge in [0.15, 0.2) is 5.78 Å². The van der Waals surface area contributed by atoms with Gasteiger partial charge >= 0.3 is 0 Å². The number of nitrogens with zero attached hydrogens (tertiary/aromatic N) is 1. The minimum absolute atomic E-state index is 0.0549. The van der Waals surface area contributed by atoms with Crippen LogP contribution in [0.1, 0.15) is 58.7 Å². The summed E-state index contributed by atoms with van der Waals surface area (Å²) in [4.78, 5) is 12.9. The smallest absolute Gasteiger partial charge is 0.250 e. The summed E-state index contributed by atoms with van der Waals surface area (Å²) in [5.41, 5.74) is -0.139. The van der Waals surface area contributed by atoms with Crippen LogP contribution >= 0.6 is 11.6 Å². The highest BCUT2D eigenvalue weighted by Crippen LogP contribution is 2.41. The number of alkyl halides is 2. The first-order valence-corrected chi connectivity index (χ1v) is 9.33. The Labute approximate surface area is 166 Å². The van der Waals surface area contributed by atoms with Crippen LogP contribution in [0.15, 0.2) is 24.4 Å². The number of hydrogen-bond donors (Lipinski definition) is 1.